The van der Waals surface area contributed by atoms with Gasteiger partial charge in [-0.2, -0.15) is 0 Å². The summed E-state index contributed by atoms with van der Waals surface area (Å²) in [6.07, 6.45) is 3.33. The summed E-state index contributed by atoms with van der Waals surface area (Å²) in [6.45, 7) is 0. The molecule has 0 spiro atoms. The second-order valence-electron chi connectivity index (χ2n) is 5.20. The lowest BCUT2D eigenvalue weighted by Crippen LogP contribution is -2.26. The highest BCUT2D eigenvalue weighted by Crippen LogP contribution is 2.21. The zero-order chi connectivity index (χ0) is 16.2. The molecule has 0 saturated heterocycles. The molecule has 7 heteroatoms. The van der Waals surface area contributed by atoms with Gasteiger partial charge in [-0.05, 0) is 25.0 Å². The topological polar surface area (TPSA) is 93.2 Å². The Hall–Kier alpha value is -2.96. The average Bonchev–Trinajstić information content (AvgIpc) is 3.39. The summed E-state index contributed by atoms with van der Waals surface area (Å²) in [7, 11) is 1.32. The third kappa shape index (κ3) is 3.63. The molecule has 1 aromatic heterocycles. The first-order chi connectivity index (χ1) is 11.2. The van der Waals surface area contributed by atoms with Crippen LogP contribution in [-0.4, -0.2) is 35.0 Å². The zero-order valence-electron chi connectivity index (χ0n) is 12.6. The van der Waals surface area contributed by atoms with E-state index in [0.29, 0.717) is 17.1 Å². The van der Waals surface area contributed by atoms with E-state index in [1.807, 2.05) is 0 Å². The standard InChI is InChI=1S/C16H16N4O3/c1-23-16(22)11-4-2-3-5-12(11)20-14-8-13(17-9-18-14)15(21)19-10-6-7-10/h2-5,8-10H,6-7H2,1H3,(H,19,21)(H,17,18,20). The van der Waals surface area contributed by atoms with E-state index in [4.69, 9.17) is 4.74 Å². The highest BCUT2D eigenvalue weighted by atomic mass is 16.5. The van der Waals surface area contributed by atoms with Crippen LogP contribution in [0.4, 0.5) is 11.5 Å². The molecule has 23 heavy (non-hydrogen) atoms. The van der Waals surface area contributed by atoms with E-state index < -0.39 is 5.97 Å². The Morgan fingerprint density at radius 3 is 2.74 bits per heavy atom. The van der Waals surface area contributed by atoms with Crippen molar-refractivity contribution in [2.75, 3.05) is 12.4 Å². The minimum atomic E-state index is -0.450. The third-order valence-electron chi connectivity index (χ3n) is 3.41. The molecule has 1 heterocycles. The van der Waals surface area contributed by atoms with Gasteiger partial charge >= 0.3 is 5.97 Å². The van der Waals surface area contributed by atoms with Gasteiger partial charge < -0.3 is 15.4 Å². The predicted molar refractivity (Wildman–Crippen MR) is 83.6 cm³/mol. The molecule has 7 nitrogen and oxygen atoms in total. The van der Waals surface area contributed by atoms with Crippen molar-refractivity contribution in [3.8, 4) is 0 Å². The van der Waals surface area contributed by atoms with E-state index in [-0.39, 0.29) is 17.6 Å². The van der Waals surface area contributed by atoms with Gasteiger partial charge in [-0.1, -0.05) is 12.1 Å². The molecule has 2 N–H and O–H groups in total. The van der Waals surface area contributed by atoms with Crippen LogP contribution in [0.1, 0.15) is 33.7 Å². The Kier molecular flexibility index (Phi) is 4.18. The number of nitrogens with one attached hydrogen (secondary N) is 2. The third-order valence-corrected chi connectivity index (χ3v) is 3.41. The Labute approximate surface area is 133 Å². The first kappa shape index (κ1) is 15.0. The van der Waals surface area contributed by atoms with Crippen molar-refractivity contribution in [3.63, 3.8) is 0 Å². The molecular formula is C16H16N4O3. The van der Waals surface area contributed by atoms with Crippen LogP contribution in [0.15, 0.2) is 36.7 Å². The molecule has 3 rings (SSSR count). The van der Waals surface area contributed by atoms with Gasteiger partial charge in [0.25, 0.3) is 5.91 Å². The van der Waals surface area contributed by atoms with Crippen LogP contribution in [0.25, 0.3) is 0 Å². The van der Waals surface area contributed by atoms with Crippen LogP contribution in [0, 0.1) is 0 Å². The van der Waals surface area contributed by atoms with E-state index in [0.717, 1.165) is 12.8 Å². The van der Waals surface area contributed by atoms with Crippen LogP contribution in [0.5, 0.6) is 0 Å². The lowest BCUT2D eigenvalue weighted by atomic mass is 10.2. The number of ether oxygens (including phenoxy) is 1. The van der Waals surface area contributed by atoms with E-state index in [1.54, 1.807) is 30.3 Å². The van der Waals surface area contributed by atoms with Gasteiger partial charge in [-0.3, -0.25) is 4.79 Å². The van der Waals surface area contributed by atoms with Crippen molar-refractivity contribution in [1.29, 1.82) is 0 Å². The SMILES string of the molecule is COC(=O)c1ccccc1Nc1cc(C(=O)NC2CC2)ncn1. The highest BCUT2D eigenvalue weighted by molar-refractivity contribution is 5.97. The molecule has 1 aromatic carbocycles. The first-order valence-electron chi connectivity index (χ1n) is 7.24. The van der Waals surface area contributed by atoms with Gasteiger partial charge in [-0.15, -0.1) is 0 Å². The maximum absolute atomic E-state index is 12.0. The minimum Gasteiger partial charge on any atom is -0.465 e. The van der Waals surface area contributed by atoms with Gasteiger partial charge in [0.1, 0.15) is 17.8 Å². The van der Waals surface area contributed by atoms with Crippen LogP contribution in [0.3, 0.4) is 0 Å². The molecule has 1 amide bonds. The van der Waals surface area contributed by atoms with Crippen molar-refractivity contribution in [2.24, 2.45) is 0 Å². The fourth-order valence-corrected chi connectivity index (χ4v) is 2.05. The Morgan fingerprint density at radius 1 is 1.22 bits per heavy atom. The summed E-state index contributed by atoms with van der Waals surface area (Å²) in [5.41, 5.74) is 1.22. The van der Waals surface area contributed by atoms with Gasteiger partial charge in [0.15, 0.2) is 0 Å². The molecule has 0 radical (unpaired) electrons. The van der Waals surface area contributed by atoms with Crippen molar-refractivity contribution in [2.45, 2.75) is 18.9 Å². The maximum atomic E-state index is 12.0. The molecule has 118 valence electrons. The Morgan fingerprint density at radius 2 is 2.00 bits per heavy atom. The molecule has 0 unspecified atom stereocenters. The van der Waals surface area contributed by atoms with Crippen LogP contribution in [0.2, 0.25) is 0 Å². The Balaban J connectivity index is 1.80. The molecule has 1 fully saturated rings. The number of benzene rings is 1. The van der Waals surface area contributed by atoms with Gasteiger partial charge in [0.2, 0.25) is 0 Å². The van der Waals surface area contributed by atoms with E-state index >= 15 is 0 Å². The number of anilines is 2. The van der Waals surface area contributed by atoms with E-state index in [9.17, 15) is 9.59 Å². The van der Waals surface area contributed by atoms with Crippen molar-refractivity contribution in [3.05, 3.63) is 47.9 Å². The van der Waals surface area contributed by atoms with Crippen LogP contribution < -0.4 is 10.6 Å². The fourth-order valence-electron chi connectivity index (χ4n) is 2.05. The Bertz CT molecular complexity index is 744. The summed E-state index contributed by atoms with van der Waals surface area (Å²) in [5.74, 6) is -0.245. The van der Waals surface area contributed by atoms with E-state index in [2.05, 4.69) is 20.6 Å². The normalized spacial score (nSPS) is 13.3. The van der Waals surface area contributed by atoms with Crippen molar-refractivity contribution in [1.82, 2.24) is 15.3 Å². The average molecular weight is 312 g/mol. The number of amides is 1. The number of esters is 1. The number of para-hydroxylation sites is 1. The number of hydrogen-bond donors (Lipinski definition) is 2. The van der Waals surface area contributed by atoms with Gasteiger partial charge in [0.05, 0.1) is 18.4 Å². The number of carbonyl (C=O) groups is 2. The fraction of sp³-hybridized carbons (Fsp3) is 0.250. The number of nitrogens with zero attached hydrogens (tertiary/aromatic N) is 2. The minimum absolute atomic E-state index is 0.223. The summed E-state index contributed by atoms with van der Waals surface area (Å²) in [6, 6.07) is 8.72. The number of aromatic nitrogens is 2. The number of methoxy groups -OCH3 is 1. The van der Waals surface area contributed by atoms with Crippen LogP contribution in [-0.2, 0) is 4.74 Å². The monoisotopic (exact) mass is 312 g/mol. The molecular weight excluding hydrogens is 296 g/mol. The smallest absolute Gasteiger partial charge is 0.339 e. The molecule has 2 aromatic rings. The quantitative estimate of drug-likeness (QED) is 0.819. The number of rotatable bonds is 5. The van der Waals surface area contributed by atoms with Crippen molar-refractivity contribution >= 4 is 23.4 Å². The molecule has 1 saturated carbocycles. The van der Waals surface area contributed by atoms with Crippen molar-refractivity contribution < 1.29 is 14.3 Å². The largest absolute Gasteiger partial charge is 0.465 e. The highest BCUT2D eigenvalue weighted by Gasteiger charge is 2.24. The molecule has 0 aliphatic heterocycles. The summed E-state index contributed by atoms with van der Waals surface area (Å²) < 4.78 is 4.75. The number of carbonyl (C=O) groups excluding carboxylic acids is 2. The molecule has 0 bridgehead atoms. The summed E-state index contributed by atoms with van der Waals surface area (Å²) >= 11 is 0. The van der Waals surface area contributed by atoms with E-state index in [1.165, 1.54) is 13.4 Å². The van der Waals surface area contributed by atoms with Gasteiger partial charge in [0, 0.05) is 12.1 Å². The summed E-state index contributed by atoms with van der Waals surface area (Å²) in [4.78, 5) is 31.9. The molecule has 0 atom stereocenters. The first-order valence-corrected chi connectivity index (χ1v) is 7.24. The zero-order valence-corrected chi connectivity index (χ0v) is 12.6. The maximum Gasteiger partial charge on any atom is 0.339 e. The number of hydrogen-bond acceptors (Lipinski definition) is 6. The van der Waals surface area contributed by atoms with Crippen LogP contribution >= 0.6 is 0 Å². The molecule has 1 aliphatic carbocycles. The second-order valence-corrected chi connectivity index (χ2v) is 5.20. The predicted octanol–water partition coefficient (Wildman–Crippen LogP) is 1.90. The van der Waals surface area contributed by atoms with Gasteiger partial charge in [-0.25, -0.2) is 14.8 Å². The lowest BCUT2D eigenvalue weighted by Gasteiger charge is -2.10. The lowest BCUT2D eigenvalue weighted by molar-refractivity contribution is 0.0601. The summed E-state index contributed by atoms with van der Waals surface area (Å²) in [5, 5.41) is 5.89. The molecule has 1 aliphatic rings. The second kappa shape index (κ2) is 6.43.